The second-order valence-electron chi connectivity index (χ2n) is 5.04. The Kier molecular flexibility index (Phi) is 7.06. The molecule has 1 fully saturated rings. The molecule has 2 amide bonds. The minimum atomic E-state index is -3.07. The Hall–Kier alpha value is -1.19. The van der Waals surface area contributed by atoms with Gasteiger partial charge in [0.2, 0.25) is 11.8 Å². The van der Waals surface area contributed by atoms with Crippen molar-refractivity contribution < 1.29 is 22.7 Å². The van der Waals surface area contributed by atoms with E-state index in [1.165, 1.54) is 7.11 Å². The van der Waals surface area contributed by atoms with E-state index in [-0.39, 0.29) is 29.7 Å². The van der Waals surface area contributed by atoms with Gasteiger partial charge >= 0.3 is 0 Å². The van der Waals surface area contributed by atoms with Gasteiger partial charge in [-0.15, -0.1) is 0 Å². The van der Waals surface area contributed by atoms with Gasteiger partial charge in [-0.05, 0) is 6.92 Å². The number of methoxy groups -OCH3 is 1. The topological polar surface area (TPSA) is 114 Å². The van der Waals surface area contributed by atoms with Crippen LogP contribution >= 0.6 is 0 Å². The van der Waals surface area contributed by atoms with E-state index < -0.39 is 21.9 Å². The van der Waals surface area contributed by atoms with Crippen LogP contribution < -0.4 is 16.0 Å². The molecule has 1 rings (SSSR count). The predicted molar refractivity (Wildman–Crippen MR) is 77.6 cm³/mol. The Morgan fingerprint density at radius 2 is 2.14 bits per heavy atom. The number of nitrogens with one attached hydrogen (secondary N) is 3. The van der Waals surface area contributed by atoms with Gasteiger partial charge in [-0.1, -0.05) is 0 Å². The zero-order valence-corrected chi connectivity index (χ0v) is 13.2. The normalized spacial score (nSPS) is 22.3. The van der Waals surface area contributed by atoms with Crippen LogP contribution in [0.2, 0.25) is 0 Å². The highest BCUT2D eigenvalue weighted by atomic mass is 32.2. The molecule has 0 aromatic rings. The first-order chi connectivity index (χ1) is 9.84. The molecule has 0 bridgehead atoms. The molecule has 2 atom stereocenters. The molecule has 0 saturated carbocycles. The van der Waals surface area contributed by atoms with Gasteiger partial charge in [-0.25, -0.2) is 8.42 Å². The molecule has 0 aromatic carbocycles. The van der Waals surface area contributed by atoms with E-state index in [0.29, 0.717) is 19.7 Å². The molecule has 1 aliphatic heterocycles. The Morgan fingerprint density at radius 3 is 2.76 bits per heavy atom. The lowest BCUT2D eigenvalue weighted by Crippen LogP contribution is -2.50. The molecule has 2 unspecified atom stereocenters. The van der Waals surface area contributed by atoms with Crippen LogP contribution in [0.4, 0.5) is 0 Å². The summed E-state index contributed by atoms with van der Waals surface area (Å²) in [5.74, 6) is -0.596. The number of carbonyl (C=O) groups excluding carboxylic acids is 2. The molecule has 0 aromatic heterocycles. The van der Waals surface area contributed by atoms with Gasteiger partial charge < -0.3 is 20.7 Å². The molecular weight excluding hydrogens is 298 g/mol. The van der Waals surface area contributed by atoms with Crippen LogP contribution in [0.3, 0.4) is 0 Å². The van der Waals surface area contributed by atoms with Crippen molar-refractivity contribution in [2.24, 2.45) is 0 Å². The van der Waals surface area contributed by atoms with Crippen LogP contribution in [0.1, 0.15) is 13.3 Å². The number of carbonyl (C=O) groups is 2. The molecule has 9 heteroatoms. The SMILES string of the molecule is COCCNC(=O)C(C)NC(=O)CC1CS(=O)(=O)CCN1. The first-order valence-electron chi connectivity index (χ1n) is 6.84. The number of sulfone groups is 1. The second kappa shape index (κ2) is 8.30. The average molecular weight is 321 g/mol. The van der Waals surface area contributed by atoms with Crippen molar-refractivity contribution in [1.29, 1.82) is 0 Å². The summed E-state index contributed by atoms with van der Waals surface area (Å²) in [5, 5.41) is 8.16. The molecule has 0 radical (unpaired) electrons. The summed E-state index contributed by atoms with van der Waals surface area (Å²) in [5.41, 5.74) is 0. The van der Waals surface area contributed by atoms with E-state index in [1.54, 1.807) is 6.92 Å². The average Bonchev–Trinajstić information content (AvgIpc) is 2.37. The van der Waals surface area contributed by atoms with Crippen LogP contribution in [0.25, 0.3) is 0 Å². The maximum absolute atomic E-state index is 11.8. The standard InChI is InChI=1S/C12H23N3O5S/c1-9(12(17)14-3-5-20-2)15-11(16)7-10-8-21(18,19)6-4-13-10/h9-10,13H,3-8H2,1-2H3,(H,14,17)(H,15,16). The highest BCUT2D eigenvalue weighted by Crippen LogP contribution is 2.05. The summed E-state index contributed by atoms with van der Waals surface area (Å²) >= 11 is 0. The predicted octanol–water partition coefficient (Wildman–Crippen LogP) is -1.97. The summed E-state index contributed by atoms with van der Waals surface area (Å²) in [6.45, 7) is 2.70. The van der Waals surface area contributed by atoms with Gasteiger partial charge in [0.1, 0.15) is 6.04 Å². The number of hydrogen-bond donors (Lipinski definition) is 3. The first-order valence-corrected chi connectivity index (χ1v) is 8.66. The monoisotopic (exact) mass is 321 g/mol. The first kappa shape index (κ1) is 17.9. The Morgan fingerprint density at radius 1 is 1.43 bits per heavy atom. The zero-order chi connectivity index (χ0) is 15.9. The van der Waals surface area contributed by atoms with Crippen LogP contribution in [-0.2, 0) is 24.2 Å². The molecule has 1 aliphatic rings. The lowest BCUT2D eigenvalue weighted by molar-refractivity contribution is -0.128. The minimum Gasteiger partial charge on any atom is -0.383 e. The van der Waals surface area contributed by atoms with Crippen molar-refractivity contribution in [2.75, 3.05) is 38.3 Å². The fourth-order valence-electron chi connectivity index (χ4n) is 2.02. The fraction of sp³-hybridized carbons (Fsp3) is 0.833. The van der Waals surface area contributed by atoms with E-state index in [0.717, 1.165) is 0 Å². The zero-order valence-electron chi connectivity index (χ0n) is 12.3. The van der Waals surface area contributed by atoms with Crippen molar-refractivity contribution in [1.82, 2.24) is 16.0 Å². The molecule has 0 spiro atoms. The van der Waals surface area contributed by atoms with Crippen molar-refractivity contribution >= 4 is 21.7 Å². The number of ether oxygens (including phenoxy) is 1. The molecule has 1 heterocycles. The van der Waals surface area contributed by atoms with Crippen molar-refractivity contribution in [3.63, 3.8) is 0 Å². The summed E-state index contributed by atoms with van der Waals surface area (Å²) in [6, 6.07) is -1.07. The van der Waals surface area contributed by atoms with Crippen LogP contribution in [0, 0.1) is 0 Å². The maximum atomic E-state index is 11.8. The lowest BCUT2D eigenvalue weighted by Gasteiger charge is -2.23. The van der Waals surface area contributed by atoms with Gasteiger partial charge in [-0.2, -0.15) is 0 Å². The molecule has 3 N–H and O–H groups in total. The second-order valence-corrected chi connectivity index (χ2v) is 7.27. The lowest BCUT2D eigenvalue weighted by atomic mass is 10.2. The van der Waals surface area contributed by atoms with Crippen molar-refractivity contribution in [3.05, 3.63) is 0 Å². The highest BCUT2D eigenvalue weighted by Gasteiger charge is 2.26. The summed E-state index contributed by atoms with van der Waals surface area (Å²) in [6.07, 6.45) is 0.0366. The third-order valence-electron chi connectivity index (χ3n) is 3.11. The Labute approximate surface area is 124 Å². The molecule has 122 valence electrons. The Balaban J connectivity index is 2.34. The van der Waals surface area contributed by atoms with Gasteiger partial charge in [0.05, 0.1) is 18.1 Å². The fourth-order valence-corrected chi connectivity index (χ4v) is 3.46. The molecule has 1 saturated heterocycles. The van der Waals surface area contributed by atoms with Gasteiger partial charge in [-0.3, -0.25) is 9.59 Å². The number of hydrogen-bond acceptors (Lipinski definition) is 6. The van der Waals surface area contributed by atoms with Crippen molar-refractivity contribution in [2.45, 2.75) is 25.4 Å². The van der Waals surface area contributed by atoms with E-state index in [9.17, 15) is 18.0 Å². The van der Waals surface area contributed by atoms with E-state index in [4.69, 9.17) is 4.74 Å². The largest absolute Gasteiger partial charge is 0.383 e. The summed E-state index contributed by atoms with van der Waals surface area (Å²) < 4.78 is 27.7. The van der Waals surface area contributed by atoms with Crippen LogP contribution in [-0.4, -0.2) is 70.6 Å². The number of rotatable bonds is 7. The Bertz CT molecular complexity index is 466. The van der Waals surface area contributed by atoms with E-state index in [1.807, 2.05) is 0 Å². The van der Waals surface area contributed by atoms with Gasteiger partial charge in [0, 0.05) is 32.7 Å². The van der Waals surface area contributed by atoms with Gasteiger partial charge in [0.15, 0.2) is 9.84 Å². The quantitative estimate of drug-likeness (QED) is 0.469. The van der Waals surface area contributed by atoms with Gasteiger partial charge in [0.25, 0.3) is 0 Å². The van der Waals surface area contributed by atoms with E-state index >= 15 is 0 Å². The highest BCUT2D eigenvalue weighted by molar-refractivity contribution is 7.91. The molecule has 0 aliphatic carbocycles. The summed E-state index contributed by atoms with van der Waals surface area (Å²) in [4.78, 5) is 23.5. The van der Waals surface area contributed by atoms with Crippen molar-refractivity contribution in [3.8, 4) is 0 Å². The third kappa shape index (κ3) is 6.87. The third-order valence-corrected chi connectivity index (χ3v) is 4.85. The molecule has 21 heavy (non-hydrogen) atoms. The van der Waals surface area contributed by atoms with Crippen LogP contribution in [0.5, 0.6) is 0 Å². The summed E-state index contributed by atoms with van der Waals surface area (Å²) in [7, 11) is -1.54. The smallest absolute Gasteiger partial charge is 0.242 e. The molecule has 8 nitrogen and oxygen atoms in total. The minimum absolute atomic E-state index is 0.0366. The maximum Gasteiger partial charge on any atom is 0.242 e. The van der Waals surface area contributed by atoms with Crippen LogP contribution in [0.15, 0.2) is 0 Å². The number of amides is 2. The molecular formula is C12H23N3O5S. The van der Waals surface area contributed by atoms with E-state index in [2.05, 4.69) is 16.0 Å².